The van der Waals surface area contributed by atoms with Crippen molar-refractivity contribution in [3.8, 4) is 0 Å². The normalized spacial score (nSPS) is 24.4. The molecule has 1 aromatic heterocycles. The van der Waals surface area contributed by atoms with Crippen LogP contribution in [0.2, 0.25) is 0 Å². The third-order valence-corrected chi connectivity index (χ3v) is 4.73. The van der Waals surface area contributed by atoms with Crippen LogP contribution in [0.25, 0.3) is 11.1 Å². The Bertz CT molecular complexity index is 693. The smallest absolute Gasteiger partial charge is 0.317 e. The third kappa shape index (κ3) is 3.77. The summed E-state index contributed by atoms with van der Waals surface area (Å²) in [5, 5.41) is 2.95. The van der Waals surface area contributed by atoms with Gasteiger partial charge in [-0.15, -0.1) is 0 Å². The molecule has 2 aliphatic heterocycles. The summed E-state index contributed by atoms with van der Waals surface area (Å²) >= 11 is 0. The molecule has 7 heteroatoms. The van der Waals surface area contributed by atoms with Crippen LogP contribution >= 0.6 is 0 Å². The van der Waals surface area contributed by atoms with Crippen LogP contribution in [0, 0.1) is 0 Å². The van der Waals surface area contributed by atoms with Gasteiger partial charge in [0.05, 0.1) is 31.8 Å². The molecule has 2 aromatic rings. The molecule has 25 heavy (non-hydrogen) atoms. The van der Waals surface area contributed by atoms with Gasteiger partial charge in [-0.1, -0.05) is 12.1 Å². The van der Waals surface area contributed by atoms with Crippen LogP contribution in [0.5, 0.6) is 0 Å². The molecular weight excluding hydrogens is 322 g/mol. The Morgan fingerprint density at radius 1 is 1.32 bits per heavy atom. The number of amides is 2. The number of oxazole rings is 1. The molecule has 2 amide bonds. The summed E-state index contributed by atoms with van der Waals surface area (Å²) in [4.78, 5) is 18.9. The Hall–Kier alpha value is -2.12. The van der Waals surface area contributed by atoms with Gasteiger partial charge >= 0.3 is 6.03 Å². The zero-order valence-corrected chi connectivity index (χ0v) is 14.1. The van der Waals surface area contributed by atoms with Crippen molar-refractivity contribution in [1.82, 2.24) is 15.2 Å². The summed E-state index contributed by atoms with van der Waals surface area (Å²) in [6.07, 6.45) is 1.87. The number of urea groups is 1. The number of hydrogen-bond donors (Lipinski definition) is 1. The first-order valence-electron chi connectivity index (χ1n) is 8.87. The highest BCUT2D eigenvalue weighted by atomic mass is 16.6. The maximum Gasteiger partial charge on any atom is 0.317 e. The SMILES string of the molecule is O=C(NC[C@@H]1COCCO1)N1CCC[C@@H](c2nc3ccccc3o2)C1. The van der Waals surface area contributed by atoms with E-state index in [9.17, 15) is 4.79 Å². The van der Waals surface area contributed by atoms with E-state index >= 15 is 0 Å². The molecule has 2 fully saturated rings. The highest BCUT2D eigenvalue weighted by Crippen LogP contribution is 2.28. The van der Waals surface area contributed by atoms with Crippen LogP contribution in [0.1, 0.15) is 24.7 Å². The van der Waals surface area contributed by atoms with Crippen molar-refractivity contribution in [2.75, 3.05) is 39.5 Å². The fourth-order valence-electron chi connectivity index (χ4n) is 3.40. The fraction of sp³-hybridized carbons (Fsp3) is 0.556. The number of aromatic nitrogens is 1. The van der Waals surface area contributed by atoms with Crippen LogP contribution in [0.15, 0.2) is 28.7 Å². The van der Waals surface area contributed by atoms with Gasteiger partial charge in [-0.05, 0) is 25.0 Å². The molecule has 0 saturated carbocycles. The van der Waals surface area contributed by atoms with Crippen LogP contribution in [-0.4, -0.2) is 61.5 Å². The predicted octanol–water partition coefficient (Wildman–Crippen LogP) is 2.13. The van der Waals surface area contributed by atoms with E-state index in [0.717, 1.165) is 36.4 Å². The number of carbonyl (C=O) groups excluding carboxylic acids is 1. The minimum absolute atomic E-state index is 0.0599. The maximum absolute atomic E-state index is 12.5. The lowest BCUT2D eigenvalue weighted by Gasteiger charge is -2.32. The van der Waals surface area contributed by atoms with E-state index in [1.165, 1.54) is 0 Å². The van der Waals surface area contributed by atoms with E-state index in [1.807, 2.05) is 29.2 Å². The summed E-state index contributed by atoms with van der Waals surface area (Å²) in [5.41, 5.74) is 1.67. The molecule has 1 aromatic carbocycles. The molecule has 2 aliphatic rings. The van der Waals surface area contributed by atoms with E-state index in [0.29, 0.717) is 32.9 Å². The number of piperidine rings is 1. The molecular formula is C18H23N3O4. The predicted molar refractivity (Wildman–Crippen MR) is 91.5 cm³/mol. The summed E-state index contributed by atoms with van der Waals surface area (Å²) in [6.45, 7) is 3.60. The van der Waals surface area contributed by atoms with E-state index in [4.69, 9.17) is 13.9 Å². The first-order chi connectivity index (χ1) is 12.3. The van der Waals surface area contributed by atoms with Gasteiger partial charge in [-0.2, -0.15) is 0 Å². The standard InChI is InChI=1S/C18H23N3O4/c22-18(19-10-14-12-23-8-9-24-14)21-7-3-4-13(11-21)17-20-15-5-1-2-6-16(15)25-17/h1-2,5-6,13-14H,3-4,7-12H2,(H,19,22)/t13-,14-/m1/s1. The van der Waals surface area contributed by atoms with Crippen LogP contribution in [-0.2, 0) is 9.47 Å². The van der Waals surface area contributed by atoms with Crippen molar-refractivity contribution in [2.24, 2.45) is 0 Å². The van der Waals surface area contributed by atoms with E-state index in [-0.39, 0.29) is 18.1 Å². The van der Waals surface area contributed by atoms with Gasteiger partial charge in [0, 0.05) is 19.6 Å². The molecule has 7 nitrogen and oxygen atoms in total. The van der Waals surface area contributed by atoms with Crippen molar-refractivity contribution in [3.63, 3.8) is 0 Å². The van der Waals surface area contributed by atoms with Crippen molar-refractivity contribution in [1.29, 1.82) is 0 Å². The van der Waals surface area contributed by atoms with Gasteiger partial charge in [0.1, 0.15) is 5.52 Å². The number of carbonyl (C=O) groups is 1. The zero-order valence-electron chi connectivity index (χ0n) is 14.1. The van der Waals surface area contributed by atoms with Gasteiger partial charge < -0.3 is 24.1 Å². The fourth-order valence-corrected chi connectivity index (χ4v) is 3.40. The average molecular weight is 345 g/mol. The molecule has 0 spiro atoms. The number of benzene rings is 1. The van der Waals surface area contributed by atoms with Crippen LogP contribution in [0.4, 0.5) is 4.79 Å². The van der Waals surface area contributed by atoms with E-state index in [1.54, 1.807) is 0 Å². The highest BCUT2D eigenvalue weighted by molar-refractivity contribution is 5.74. The summed E-state index contributed by atoms with van der Waals surface area (Å²) < 4.78 is 16.8. The third-order valence-electron chi connectivity index (χ3n) is 4.73. The lowest BCUT2D eigenvalue weighted by molar-refractivity contribution is -0.0856. The van der Waals surface area contributed by atoms with Gasteiger partial charge in [0.2, 0.25) is 0 Å². The van der Waals surface area contributed by atoms with Crippen LogP contribution < -0.4 is 5.32 Å². The molecule has 134 valence electrons. The number of para-hydroxylation sites is 2. The summed E-state index contributed by atoms with van der Waals surface area (Å²) in [6, 6.07) is 7.70. The largest absolute Gasteiger partial charge is 0.440 e. The van der Waals surface area contributed by atoms with E-state index < -0.39 is 0 Å². The number of hydrogen-bond acceptors (Lipinski definition) is 5. The first kappa shape index (κ1) is 16.4. The number of nitrogens with one attached hydrogen (secondary N) is 1. The molecule has 2 saturated heterocycles. The Morgan fingerprint density at radius 2 is 2.24 bits per heavy atom. The number of nitrogens with zero attached hydrogens (tertiary/aromatic N) is 2. The molecule has 1 N–H and O–H groups in total. The minimum atomic E-state index is -0.0602. The Balaban J connectivity index is 1.35. The second-order valence-electron chi connectivity index (χ2n) is 6.56. The second kappa shape index (κ2) is 7.41. The molecule has 0 unspecified atom stereocenters. The Labute approximate surface area is 146 Å². The van der Waals surface area contributed by atoms with Crippen molar-refractivity contribution in [2.45, 2.75) is 24.9 Å². The number of fused-ring (bicyclic) bond motifs is 1. The van der Waals surface area contributed by atoms with Crippen molar-refractivity contribution in [3.05, 3.63) is 30.2 Å². The molecule has 0 bridgehead atoms. The van der Waals surface area contributed by atoms with Gasteiger partial charge in [0.15, 0.2) is 11.5 Å². The summed E-state index contributed by atoms with van der Waals surface area (Å²) in [7, 11) is 0. The lowest BCUT2D eigenvalue weighted by atomic mass is 9.98. The quantitative estimate of drug-likeness (QED) is 0.922. The molecule has 2 atom stereocenters. The molecule has 0 radical (unpaired) electrons. The van der Waals surface area contributed by atoms with Crippen molar-refractivity contribution >= 4 is 17.1 Å². The van der Waals surface area contributed by atoms with Crippen molar-refractivity contribution < 1.29 is 18.7 Å². The van der Waals surface area contributed by atoms with Gasteiger partial charge in [-0.3, -0.25) is 0 Å². The molecule has 0 aliphatic carbocycles. The minimum Gasteiger partial charge on any atom is -0.440 e. The first-order valence-corrected chi connectivity index (χ1v) is 8.87. The van der Waals surface area contributed by atoms with Gasteiger partial charge in [-0.25, -0.2) is 9.78 Å². The number of ether oxygens (including phenoxy) is 2. The number of rotatable bonds is 3. The Morgan fingerprint density at radius 3 is 3.08 bits per heavy atom. The molecule has 3 heterocycles. The monoisotopic (exact) mass is 345 g/mol. The van der Waals surface area contributed by atoms with E-state index in [2.05, 4.69) is 10.3 Å². The number of likely N-dealkylation sites (tertiary alicyclic amines) is 1. The van der Waals surface area contributed by atoms with Crippen LogP contribution in [0.3, 0.4) is 0 Å². The lowest BCUT2D eigenvalue weighted by Crippen LogP contribution is -2.48. The Kier molecular flexibility index (Phi) is 4.85. The second-order valence-corrected chi connectivity index (χ2v) is 6.56. The summed E-state index contributed by atoms with van der Waals surface area (Å²) in [5.74, 6) is 0.865. The average Bonchev–Trinajstić information content (AvgIpc) is 3.11. The molecule has 4 rings (SSSR count). The van der Waals surface area contributed by atoms with Gasteiger partial charge in [0.25, 0.3) is 0 Å². The highest BCUT2D eigenvalue weighted by Gasteiger charge is 2.28. The zero-order chi connectivity index (χ0) is 17.1. The topological polar surface area (TPSA) is 76.8 Å². The maximum atomic E-state index is 12.5.